The van der Waals surface area contributed by atoms with Crippen molar-refractivity contribution in [1.29, 1.82) is 0 Å². The fourth-order valence-corrected chi connectivity index (χ4v) is 4.50. The van der Waals surface area contributed by atoms with Gasteiger partial charge in [-0.05, 0) is 73.5 Å². The van der Waals surface area contributed by atoms with E-state index in [9.17, 15) is 9.59 Å². The maximum Gasteiger partial charge on any atom is 0.266 e. The van der Waals surface area contributed by atoms with E-state index in [-0.39, 0.29) is 17.2 Å². The van der Waals surface area contributed by atoms with Crippen LogP contribution < -0.4 is 15.8 Å². The number of carbonyl (C=O) groups excluding carboxylic acids is 1. The Labute approximate surface area is 197 Å². The number of nitrogens with zero attached hydrogens (tertiary/aromatic N) is 3. The molecule has 0 unspecified atom stereocenters. The highest BCUT2D eigenvalue weighted by Gasteiger charge is 2.15. The van der Waals surface area contributed by atoms with Crippen LogP contribution in [0, 0.1) is 13.8 Å². The number of thioether (sulfide) groups is 1. The lowest BCUT2D eigenvalue weighted by Gasteiger charge is -2.15. The van der Waals surface area contributed by atoms with Crippen LogP contribution in [0.2, 0.25) is 0 Å². The third-order valence-corrected chi connectivity index (χ3v) is 6.15. The molecule has 1 amide bonds. The molecule has 0 aliphatic carbocycles. The standard InChI is InChI=1S/C26H26N4O2S/c1-17-13-18(2)15-21(14-17)30-25(32)22-7-5-6-8-23(22)28-26(30)33-16-24(31)27-19-9-11-20(12-10-19)29(3)4/h5-15H,16H2,1-4H3,(H,27,31). The highest BCUT2D eigenvalue weighted by atomic mass is 32.2. The molecule has 0 atom stereocenters. The Hall–Kier alpha value is -3.58. The van der Waals surface area contributed by atoms with Gasteiger partial charge in [0.2, 0.25) is 5.91 Å². The second-order valence-electron chi connectivity index (χ2n) is 8.18. The summed E-state index contributed by atoms with van der Waals surface area (Å²) in [5, 5.41) is 3.95. The van der Waals surface area contributed by atoms with Crippen molar-refractivity contribution >= 4 is 39.9 Å². The minimum atomic E-state index is -0.160. The molecular weight excluding hydrogens is 432 g/mol. The molecule has 0 saturated heterocycles. The number of carbonyl (C=O) groups is 1. The summed E-state index contributed by atoms with van der Waals surface area (Å²) >= 11 is 1.25. The monoisotopic (exact) mass is 458 g/mol. The SMILES string of the molecule is Cc1cc(C)cc(-n2c(SCC(=O)Nc3ccc(N(C)C)cc3)nc3ccccc3c2=O)c1. The summed E-state index contributed by atoms with van der Waals surface area (Å²) in [5.74, 6) is -0.0302. The molecule has 0 bridgehead atoms. The van der Waals surface area contributed by atoms with E-state index in [0.717, 1.165) is 28.2 Å². The third kappa shape index (κ3) is 5.09. The van der Waals surface area contributed by atoms with Crippen LogP contribution in [-0.2, 0) is 4.79 Å². The van der Waals surface area contributed by atoms with Gasteiger partial charge in [0.05, 0.1) is 22.3 Å². The summed E-state index contributed by atoms with van der Waals surface area (Å²) in [6.07, 6.45) is 0. The van der Waals surface area contributed by atoms with Crippen LogP contribution in [0.25, 0.3) is 16.6 Å². The first-order chi connectivity index (χ1) is 15.8. The van der Waals surface area contributed by atoms with Crippen molar-refractivity contribution in [3.8, 4) is 5.69 Å². The van der Waals surface area contributed by atoms with Gasteiger partial charge in [0.15, 0.2) is 5.16 Å². The number of aromatic nitrogens is 2. The van der Waals surface area contributed by atoms with Crippen LogP contribution >= 0.6 is 11.8 Å². The summed E-state index contributed by atoms with van der Waals surface area (Å²) in [6.45, 7) is 4.00. The normalized spacial score (nSPS) is 10.9. The van der Waals surface area contributed by atoms with Crippen molar-refractivity contribution in [2.75, 3.05) is 30.1 Å². The van der Waals surface area contributed by atoms with Crippen LogP contribution in [0.15, 0.2) is 76.7 Å². The zero-order chi connectivity index (χ0) is 23.5. The topological polar surface area (TPSA) is 67.2 Å². The smallest absolute Gasteiger partial charge is 0.266 e. The number of benzene rings is 3. The number of hydrogen-bond donors (Lipinski definition) is 1. The largest absolute Gasteiger partial charge is 0.378 e. The van der Waals surface area contributed by atoms with Gasteiger partial charge in [-0.3, -0.25) is 14.2 Å². The number of anilines is 2. The predicted molar refractivity (Wildman–Crippen MR) is 137 cm³/mol. The molecule has 33 heavy (non-hydrogen) atoms. The van der Waals surface area contributed by atoms with Gasteiger partial charge >= 0.3 is 0 Å². The van der Waals surface area contributed by atoms with E-state index >= 15 is 0 Å². The van der Waals surface area contributed by atoms with Gasteiger partial charge in [-0.2, -0.15) is 0 Å². The minimum absolute atomic E-state index is 0.130. The fourth-order valence-electron chi connectivity index (χ4n) is 3.69. The second-order valence-corrected chi connectivity index (χ2v) is 9.12. The average Bonchev–Trinajstić information content (AvgIpc) is 2.77. The molecule has 0 saturated carbocycles. The number of amides is 1. The first-order valence-corrected chi connectivity index (χ1v) is 11.6. The Morgan fingerprint density at radius 2 is 1.67 bits per heavy atom. The van der Waals surface area contributed by atoms with Crippen LogP contribution in [-0.4, -0.2) is 35.3 Å². The molecule has 1 N–H and O–H groups in total. The Kier molecular flexibility index (Phi) is 6.51. The molecule has 6 nitrogen and oxygen atoms in total. The predicted octanol–water partition coefficient (Wildman–Crippen LogP) is 4.80. The van der Waals surface area contributed by atoms with Gasteiger partial charge in [-0.25, -0.2) is 4.98 Å². The molecule has 4 rings (SSSR count). The highest BCUT2D eigenvalue weighted by Crippen LogP contribution is 2.23. The Morgan fingerprint density at radius 3 is 2.33 bits per heavy atom. The maximum atomic E-state index is 13.4. The lowest BCUT2D eigenvalue weighted by atomic mass is 10.1. The van der Waals surface area contributed by atoms with Crippen LogP contribution in [0.5, 0.6) is 0 Å². The van der Waals surface area contributed by atoms with Crippen LogP contribution in [0.1, 0.15) is 11.1 Å². The number of para-hydroxylation sites is 1. The average molecular weight is 459 g/mol. The van der Waals surface area contributed by atoms with E-state index in [1.165, 1.54) is 11.8 Å². The number of hydrogen-bond acceptors (Lipinski definition) is 5. The number of fused-ring (bicyclic) bond motifs is 1. The van der Waals surface area contributed by atoms with Crippen molar-refractivity contribution in [3.63, 3.8) is 0 Å². The molecule has 168 valence electrons. The second kappa shape index (κ2) is 9.50. The molecule has 4 aromatic rings. The molecule has 0 radical (unpaired) electrons. The molecule has 3 aromatic carbocycles. The molecule has 0 aliphatic rings. The van der Waals surface area contributed by atoms with Crippen molar-refractivity contribution in [1.82, 2.24) is 9.55 Å². The number of aryl methyl sites for hydroxylation is 2. The molecular formula is C26H26N4O2S. The van der Waals surface area contributed by atoms with Crippen molar-refractivity contribution in [3.05, 3.63) is 88.2 Å². The van der Waals surface area contributed by atoms with E-state index in [1.807, 2.05) is 87.4 Å². The first kappa shape index (κ1) is 22.6. The Bertz CT molecular complexity index is 1360. The van der Waals surface area contributed by atoms with E-state index in [2.05, 4.69) is 11.4 Å². The lowest BCUT2D eigenvalue weighted by molar-refractivity contribution is -0.113. The van der Waals surface area contributed by atoms with Gasteiger partial charge < -0.3 is 10.2 Å². The maximum absolute atomic E-state index is 13.4. The third-order valence-electron chi connectivity index (χ3n) is 5.21. The van der Waals surface area contributed by atoms with Crippen molar-refractivity contribution in [2.24, 2.45) is 0 Å². The van der Waals surface area contributed by atoms with Crippen LogP contribution in [0.3, 0.4) is 0 Å². The fraction of sp³-hybridized carbons (Fsp3) is 0.192. The van der Waals surface area contributed by atoms with Gasteiger partial charge in [0.1, 0.15) is 0 Å². The number of nitrogens with one attached hydrogen (secondary N) is 1. The quantitative estimate of drug-likeness (QED) is 0.332. The van der Waals surface area contributed by atoms with E-state index in [0.29, 0.717) is 16.1 Å². The first-order valence-electron chi connectivity index (χ1n) is 10.6. The zero-order valence-corrected chi connectivity index (χ0v) is 19.9. The minimum Gasteiger partial charge on any atom is -0.378 e. The van der Waals surface area contributed by atoms with E-state index in [1.54, 1.807) is 10.6 Å². The molecule has 0 spiro atoms. The van der Waals surface area contributed by atoms with E-state index in [4.69, 9.17) is 4.98 Å². The molecule has 0 aliphatic heterocycles. The summed E-state index contributed by atoms with van der Waals surface area (Å²) in [6, 6.07) is 20.9. The van der Waals surface area contributed by atoms with Gasteiger partial charge in [-0.1, -0.05) is 30.0 Å². The summed E-state index contributed by atoms with van der Waals surface area (Å²) in [7, 11) is 3.94. The van der Waals surface area contributed by atoms with E-state index < -0.39 is 0 Å². The van der Waals surface area contributed by atoms with Crippen molar-refractivity contribution in [2.45, 2.75) is 19.0 Å². The Balaban J connectivity index is 1.64. The molecule has 0 fully saturated rings. The van der Waals surface area contributed by atoms with Crippen LogP contribution in [0.4, 0.5) is 11.4 Å². The van der Waals surface area contributed by atoms with Gasteiger partial charge in [0, 0.05) is 25.5 Å². The molecule has 7 heteroatoms. The molecule has 1 heterocycles. The highest BCUT2D eigenvalue weighted by molar-refractivity contribution is 7.99. The zero-order valence-electron chi connectivity index (χ0n) is 19.1. The van der Waals surface area contributed by atoms with Gasteiger partial charge in [0.25, 0.3) is 5.56 Å². The van der Waals surface area contributed by atoms with Gasteiger partial charge in [-0.15, -0.1) is 0 Å². The summed E-state index contributed by atoms with van der Waals surface area (Å²) in [4.78, 5) is 32.8. The molecule has 1 aromatic heterocycles. The Morgan fingerprint density at radius 1 is 1.00 bits per heavy atom. The lowest BCUT2D eigenvalue weighted by Crippen LogP contribution is -2.23. The summed E-state index contributed by atoms with van der Waals surface area (Å²) in [5.41, 5.74) is 5.11. The summed E-state index contributed by atoms with van der Waals surface area (Å²) < 4.78 is 1.60. The van der Waals surface area contributed by atoms with Crippen molar-refractivity contribution < 1.29 is 4.79 Å². The number of rotatable bonds is 6.